The molecular weight excluding hydrogens is 472 g/mol. The van der Waals surface area contributed by atoms with Gasteiger partial charge in [0, 0.05) is 19.6 Å². The molecule has 1 saturated heterocycles. The molecule has 1 aliphatic rings. The number of nitriles is 1. The molecule has 5 nitrogen and oxygen atoms in total. The Morgan fingerprint density at radius 3 is 2.42 bits per heavy atom. The van der Waals surface area contributed by atoms with E-state index in [2.05, 4.69) is 10.6 Å². The average molecular weight is 493 g/mol. The smallest absolute Gasteiger partial charge is 0.310 e. The van der Waals surface area contributed by atoms with Crippen LogP contribution in [0.4, 0.5) is 23.8 Å². The summed E-state index contributed by atoms with van der Waals surface area (Å²) in [6.07, 6.45) is -0.187. The highest BCUT2D eigenvalue weighted by atomic mass is 32.5. The maximum atomic E-state index is 14.6. The summed E-state index contributed by atoms with van der Waals surface area (Å²) in [7, 11) is -9.79. The average Bonchev–Trinajstić information content (AvgIpc) is 3.02. The summed E-state index contributed by atoms with van der Waals surface area (Å²) in [6.45, 7) is 1.38. The molecule has 3 rings (SSSR count). The van der Waals surface area contributed by atoms with Crippen LogP contribution in [-0.2, 0) is 16.0 Å². The summed E-state index contributed by atoms with van der Waals surface area (Å²) in [4.78, 5) is 10.3. The summed E-state index contributed by atoms with van der Waals surface area (Å²) in [5.41, 5.74) is 0.365. The zero-order valence-electron chi connectivity index (χ0n) is 17.2. The van der Waals surface area contributed by atoms with E-state index in [1.54, 1.807) is 0 Å². The van der Waals surface area contributed by atoms with Crippen molar-refractivity contribution in [2.45, 2.75) is 29.9 Å². The molecule has 2 atom stereocenters. The van der Waals surface area contributed by atoms with Crippen molar-refractivity contribution in [3.8, 4) is 17.2 Å². The van der Waals surface area contributed by atoms with E-state index < -0.39 is 39.0 Å². The van der Waals surface area contributed by atoms with Crippen LogP contribution in [0.1, 0.15) is 12.0 Å². The number of rotatable bonds is 6. The van der Waals surface area contributed by atoms with Crippen LogP contribution in [0.25, 0.3) is 11.1 Å². The van der Waals surface area contributed by atoms with Gasteiger partial charge in [0.1, 0.15) is 22.9 Å². The van der Waals surface area contributed by atoms with Gasteiger partial charge in [0.25, 0.3) is 5.91 Å². The van der Waals surface area contributed by atoms with E-state index in [4.69, 9.17) is 4.74 Å². The second-order valence-corrected chi connectivity index (χ2v) is 10.0. The number of ether oxygens (including phenoxy) is 1. The molecule has 2 N–H and O–H groups in total. The first kappa shape index (κ1) is 24.9. The largest absolute Gasteiger partial charge is 0.367 e. The molecule has 0 aliphatic carbocycles. The molecule has 2 aromatic rings. The summed E-state index contributed by atoms with van der Waals surface area (Å²) >= 11 is 0. The number of halogens is 6. The van der Waals surface area contributed by atoms with Gasteiger partial charge in [-0.2, -0.15) is 5.26 Å². The number of nitrogens with zero attached hydrogens (tertiary/aromatic N) is 1. The van der Waals surface area contributed by atoms with Crippen molar-refractivity contribution in [1.29, 1.82) is 5.26 Å². The van der Waals surface area contributed by atoms with Gasteiger partial charge in [-0.3, -0.25) is 4.79 Å². The SMILES string of the molecule is N#CC(Cc1ccc(-c2ccc(S(F)(F)(F)(F)F)cc2)cc1F)NC(=O)C1CNCCCO1. The van der Waals surface area contributed by atoms with Gasteiger partial charge in [-0.15, -0.1) is 0 Å². The Bertz CT molecular complexity index is 1060. The topological polar surface area (TPSA) is 74.2 Å². The predicted molar refractivity (Wildman–Crippen MR) is 112 cm³/mol. The third kappa shape index (κ3) is 6.63. The lowest BCUT2D eigenvalue weighted by molar-refractivity contribution is -0.132. The predicted octanol–water partition coefficient (Wildman–Crippen LogP) is 5.08. The Kier molecular flexibility index (Phi) is 6.45. The zero-order valence-corrected chi connectivity index (χ0v) is 18.0. The van der Waals surface area contributed by atoms with Gasteiger partial charge >= 0.3 is 10.2 Å². The molecule has 12 heteroatoms. The third-order valence-corrected chi connectivity index (χ3v) is 6.18. The van der Waals surface area contributed by atoms with Crippen molar-refractivity contribution in [1.82, 2.24) is 10.6 Å². The first-order valence-electron chi connectivity index (χ1n) is 9.92. The van der Waals surface area contributed by atoms with Crippen LogP contribution in [0.2, 0.25) is 0 Å². The lowest BCUT2D eigenvalue weighted by Gasteiger charge is -2.40. The van der Waals surface area contributed by atoms with E-state index in [-0.39, 0.29) is 41.8 Å². The summed E-state index contributed by atoms with van der Waals surface area (Å²) < 4.78 is 84.3. The minimum atomic E-state index is -9.79. The molecule has 2 unspecified atom stereocenters. The van der Waals surface area contributed by atoms with Crippen LogP contribution in [0.5, 0.6) is 0 Å². The number of benzene rings is 2. The molecule has 2 aromatic carbocycles. The van der Waals surface area contributed by atoms with Crippen LogP contribution >= 0.6 is 10.2 Å². The maximum absolute atomic E-state index is 14.6. The maximum Gasteiger partial charge on any atom is 0.310 e. The van der Waals surface area contributed by atoms with Crippen molar-refractivity contribution in [3.63, 3.8) is 0 Å². The number of hydrogen-bond donors (Lipinski definition) is 2. The molecule has 180 valence electrons. The molecule has 1 heterocycles. The Hall–Kier alpha value is -2.75. The van der Waals surface area contributed by atoms with E-state index in [1.165, 1.54) is 12.1 Å². The van der Waals surface area contributed by atoms with Gasteiger partial charge in [-0.05, 0) is 47.9 Å². The highest BCUT2D eigenvalue weighted by Crippen LogP contribution is 3.02. The van der Waals surface area contributed by atoms with Crippen molar-refractivity contribution in [2.75, 3.05) is 19.7 Å². The second-order valence-electron chi connectivity index (χ2n) is 7.61. The fraction of sp³-hybridized carbons (Fsp3) is 0.333. The Labute approximate surface area is 186 Å². The summed E-state index contributed by atoms with van der Waals surface area (Å²) in [6, 6.07) is 6.77. The van der Waals surface area contributed by atoms with Crippen LogP contribution in [-0.4, -0.2) is 37.7 Å². The fourth-order valence-corrected chi connectivity index (χ4v) is 3.94. The van der Waals surface area contributed by atoms with E-state index >= 15 is 0 Å². The third-order valence-electron chi connectivity index (χ3n) is 5.02. The lowest BCUT2D eigenvalue weighted by Crippen LogP contribution is -2.46. The van der Waals surface area contributed by atoms with Gasteiger partial charge in [0.05, 0.1) is 6.07 Å². The number of carbonyl (C=O) groups excluding carboxylic acids is 1. The minimum absolute atomic E-state index is 0.0918. The van der Waals surface area contributed by atoms with E-state index in [0.29, 0.717) is 13.2 Å². The quantitative estimate of drug-likeness (QED) is 0.551. The Morgan fingerprint density at radius 1 is 1.15 bits per heavy atom. The summed E-state index contributed by atoms with van der Waals surface area (Å²) in [5.74, 6) is -1.26. The van der Waals surface area contributed by atoms with Crippen molar-refractivity contribution < 1.29 is 33.4 Å². The highest BCUT2D eigenvalue weighted by molar-refractivity contribution is 8.45. The number of nitrogens with one attached hydrogen (secondary N) is 2. The van der Waals surface area contributed by atoms with Crippen LogP contribution in [0.3, 0.4) is 0 Å². The number of hydrogen-bond acceptors (Lipinski definition) is 4. The normalized spacial score (nSPS) is 20.0. The van der Waals surface area contributed by atoms with Gasteiger partial charge in [-0.1, -0.05) is 43.7 Å². The molecule has 0 bridgehead atoms. The number of carbonyl (C=O) groups is 1. The molecule has 0 spiro atoms. The van der Waals surface area contributed by atoms with Gasteiger partial charge in [0.2, 0.25) is 0 Å². The fourth-order valence-electron chi connectivity index (χ4n) is 3.29. The number of amides is 1. The van der Waals surface area contributed by atoms with E-state index in [1.807, 2.05) is 6.07 Å². The standard InChI is InChI=1S/C21H21F6N3O2S/c22-19-11-15(14-4-6-18(7-5-14)33(23,24,25,26)27)2-3-16(19)10-17(12-28)30-21(31)20-13-29-8-1-9-32-20/h2-7,11,17,20,29H,1,8-10,13H2,(H,30,31). The zero-order chi connectivity index (χ0) is 24.3. The monoisotopic (exact) mass is 493 g/mol. The minimum Gasteiger partial charge on any atom is -0.367 e. The van der Waals surface area contributed by atoms with Gasteiger partial charge < -0.3 is 15.4 Å². The van der Waals surface area contributed by atoms with E-state index in [9.17, 15) is 33.9 Å². The van der Waals surface area contributed by atoms with Crippen molar-refractivity contribution in [2.24, 2.45) is 0 Å². The second kappa shape index (κ2) is 8.55. The Morgan fingerprint density at radius 2 is 1.82 bits per heavy atom. The summed E-state index contributed by atoms with van der Waals surface area (Å²) in [5, 5.41) is 14.9. The van der Waals surface area contributed by atoms with Crippen LogP contribution < -0.4 is 10.6 Å². The molecule has 1 amide bonds. The van der Waals surface area contributed by atoms with Gasteiger partial charge in [0.15, 0.2) is 0 Å². The van der Waals surface area contributed by atoms with Gasteiger partial charge in [-0.25, -0.2) is 4.39 Å². The van der Waals surface area contributed by atoms with Crippen molar-refractivity contribution in [3.05, 3.63) is 53.8 Å². The van der Waals surface area contributed by atoms with Crippen LogP contribution in [0.15, 0.2) is 47.4 Å². The highest BCUT2D eigenvalue weighted by Gasteiger charge is 2.65. The molecule has 0 radical (unpaired) electrons. The molecule has 1 fully saturated rings. The first-order valence-corrected chi connectivity index (χ1v) is 11.9. The molecule has 0 saturated carbocycles. The lowest BCUT2D eigenvalue weighted by atomic mass is 10.00. The van der Waals surface area contributed by atoms with Crippen LogP contribution in [0, 0.1) is 17.1 Å². The first-order chi connectivity index (χ1) is 15.3. The molecule has 0 aromatic heterocycles. The van der Waals surface area contributed by atoms with E-state index in [0.717, 1.165) is 24.6 Å². The van der Waals surface area contributed by atoms with Crippen molar-refractivity contribution >= 4 is 16.1 Å². The molecule has 1 aliphatic heterocycles. The Balaban J connectivity index is 1.71. The molecule has 33 heavy (non-hydrogen) atoms. The molecular formula is C21H21F6N3O2S.